The summed E-state index contributed by atoms with van der Waals surface area (Å²) in [5.41, 5.74) is 3.36. The lowest BCUT2D eigenvalue weighted by Gasteiger charge is -2.30. The molecule has 2 aromatic carbocycles. The summed E-state index contributed by atoms with van der Waals surface area (Å²) in [6.07, 6.45) is 4.27. The van der Waals surface area contributed by atoms with Crippen molar-refractivity contribution in [2.45, 2.75) is 19.4 Å². The lowest BCUT2D eigenvalue weighted by atomic mass is 9.97. The number of aliphatic hydroxyl groups is 1. The van der Waals surface area contributed by atoms with Crippen molar-refractivity contribution >= 4 is 32.5 Å². The molecule has 1 aliphatic heterocycles. The van der Waals surface area contributed by atoms with E-state index in [9.17, 15) is 5.11 Å². The zero-order valence-electron chi connectivity index (χ0n) is 15.6. The highest BCUT2D eigenvalue weighted by Crippen LogP contribution is 2.33. The van der Waals surface area contributed by atoms with Crippen LogP contribution in [0.1, 0.15) is 18.4 Å². The summed E-state index contributed by atoms with van der Waals surface area (Å²) in [4.78, 5) is 10.4. The van der Waals surface area contributed by atoms with Gasteiger partial charge in [0.25, 0.3) is 5.19 Å². The van der Waals surface area contributed by atoms with Crippen molar-refractivity contribution in [2.24, 2.45) is 5.92 Å². The van der Waals surface area contributed by atoms with Gasteiger partial charge in [-0.05, 0) is 61.7 Å². The van der Waals surface area contributed by atoms with Gasteiger partial charge in [-0.3, -0.25) is 4.90 Å². The normalized spacial score (nSPS) is 16.2. The summed E-state index contributed by atoms with van der Waals surface area (Å²) in [6.45, 7) is 3.36. The summed E-state index contributed by atoms with van der Waals surface area (Å²) in [5.74, 6) is 1.27. The summed E-state index contributed by atoms with van der Waals surface area (Å²) >= 11 is 1.56. The second-order valence-corrected chi connectivity index (χ2v) is 8.47. The molecule has 4 aromatic rings. The van der Waals surface area contributed by atoms with Gasteiger partial charge in [-0.2, -0.15) is 0 Å². The topological polar surface area (TPSA) is 61.4 Å². The number of thiazole rings is 1. The molecule has 28 heavy (non-hydrogen) atoms. The lowest BCUT2D eigenvalue weighted by molar-refractivity contribution is 0.127. The van der Waals surface area contributed by atoms with Crippen molar-refractivity contribution in [3.05, 3.63) is 54.2 Å². The molecule has 6 heteroatoms. The van der Waals surface area contributed by atoms with Crippen LogP contribution in [0, 0.1) is 5.92 Å². The first-order valence-electron chi connectivity index (χ1n) is 9.75. The van der Waals surface area contributed by atoms with Gasteiger partial charge >= 0.3 is 0 Å². The van der Waals surface area contributed by atoms with E-state index in [2.05, 4.69) is 33.2 Å². The summed E-state index contributed by atoms with van der Waals surface area (Å²) in [7, 11) is 0. The van der Waals surface area contributed by atoms with Crippen LogP contribution in [0.5, 0.6) is 10.9 Å². The number of piperidine rings is 1. The molecular weight excluding hydrogens is 370 g/mol. The Morgan fingerprint density at radius 3 is 2.86 bits per heavy atom. The van der Waals surface area contributed by atoms with Gasteiger partial charge < -0.3 is 14.8 Å². The number of benzene rings is 2. The number of likely N-dealkylation sites (tertiary alicyclic amines) is 1. The monoisotopic (exact) mass is 393 g/mol. The molecule has 2 N–H and O–H groups in total. The van der Waals surface area contributed by atoms with Crippen LogP contribution in [0.15, 0.2) is 48.7 Å². The largest absolute Gasteiger partial charge is 0.431 e. The van der Waals surface area contributed by atoms with Crippen molar-refractivity contribution in [2.75, 3.05) is 19.7 Å². The van der Waals surface area contributed by atoms with Gasteiger partial charge in [-0.25, -0.2) is 4.98 Å². The predicted octanol–water partition coefficient (Wildman–Crippen LogP) is 4.77. The minimum Gasteiger partial charge on any atom is -0.431 e. The van der Waals surface area contributed by atoms with Crippen molar-refractivity contribution < 1.29 is 9.84 Å². The SMILES string of the molecule is OCC1CCN(Cc2c[nH]c3cc(Oc4nc5ccccc5s4)ccc23)CC1. The molecule has 2 aromatic heterocycles. The third-order valence-electron chi connectivity index (χ3n) is 5.58. The molecule has 5 rings (SSSR count). The highest BCUT2D eigenvalue weighted by Gasteiger charge is 2.19. The summed E-state index contributed by atoms with van der Waals surface area (Å²) < 4.78 is 7.14. The average Bonchev–Trinajstić information content (AvgIpc) is 3.32. The van der Waals surface area contributed by atoms with E-state index >= 15 is 0 Å². The van der Waals surface area contributed by atoms with E-state index in [1.807, 2.05) is 30.3 Å². The maximum absolute atomic E-state index is 9.31. The molecule has 0 aliphatic carbocycles. The Bertz CT molecular complexity index is 1060. The number of hydrogen-bond donors (Lipinski definition) is 2. The van der Waals surface area contributed by atoms with E-state index in [-0.39, 0.29) is 0 Å². The van der Waals surface area contributed by atoms with Gasteiger partial charge in [0.15, 0.2) is 0 Å². The molecule has 0 radical (unpaired) electrons. The number of hydrogen-bond acceptors (Lipinski definition) is 5. The number of nitrogens with zero attached hydrogens (tertiary/aromatic N) is 2. The van der Waals surface area contributed by atoms with Crippen LogP contribution in [0.3, 0.4) is 0 Å². The third-order valence-corrected chi connectivity index (χ3v) is 6.49. The molecule has 1 fully saturated rings. The average molecular weight is 394 g/mol. The number of fused-ring (bicyclic) bond motifs is 2. The Morgan fingerprint density at radius 2 is 2.04 bits per heavy atom. The van der Waals surface area contributed by atoms with Crippen molar-refractivity contribution in [1.29, 1.82) is 0 Å². The van der Waals surface area contributed by atoms with Crippen LogP contribution in [0.4, 0.5) is 0 Å². The van der Waals surface area contributed by atoms with Gasteiger partial charge in [-0.15, -0.1) is 0 Å². The summed E-state index contributed by atoms with van der Waals surface area (Å²) in [5, 5.41) is 11.2. The second kappa shape index (κ2) is 7.54. The van der Waals surface area contributed by atoms with Gasteiger partial charge in [0.05, 0.1) is 10.2 Å². The molecule has 144 valence electrons. The van der Waals surface area contributed by atoms with Crippen LogP contribution in [0.25, 0.3) is 21.1 Å². The number of rotatable bonds is 5. The zero-order chi connectivity index (χ0) is 18.9. The molecule has 0 unspecified atom stereocenters. The maximum Gasteiger partial charge on any atom is 0.279 e. The predicted molar refractivity (Wildman–Crippen MR) is 113 cm³/mol. The van der Waals surface area contributed by atoms with E-state index in [0.29, 0.717) is 17.7 Å². The number of para-hydroxylation sites is 1. The molecular formula is C22H23N3O2S. The molecule has 5 nitrogen and oxygen atoms in total. The number of aromatic nitrogens is 2. The van der Waals surface area contributed by atoms with Gasteiger partial charge in [0.1, 0.15) is 5.75 Å². The Kier molecular flexibility index (Phi) is 4.76. The third kappa shape index (κ3) is 3.51. The maximum atomic E-state index is 9.31. The molecule has 1 aliphatic rings. The first-order chi connectivity index (χ1) is 13.8. The number of ether oxygens (including phenoxy) is 1. The first kappa shape index (κ1) is 17.7. The van der Waals surface area contributed by atoms with Gasteiger partial charge in [0, 0.05) is 36.3 Å². The number of nitrogens with one attached hydrogen (secondary N) is 1. The molecule has 0 atom stereocenters. The van der Waals surface area contributed by atoms with Crippen molar-refractivity contribution in [3.8, 4) is 10.9 Å². The fraction of sp³-hybridized carbons (Fsp3) is 0.318. The number of aromatic amines is 1. The smallest absolute Gasteiger partial charge is 0.279 e. The van der Waals surface area contributed by atoms with E-state index in [0.717, 1.165) is 54.0 Å². The highest BCUT2D eigenvalue weighted by molar-refractivity contribution is 7.20. The van der Waals surface area contributed by atoms with Crippen LogP contribution >= 0.6 is 11.3 Å². The fourth-order valence-corrected chi connectivity index (χ4v) is 4.76. The van der Waals surface area contributed by atoms with Crippen LogP contribution < -0.4 is 4.74 Å². The molecule has 3 heterocycles. The molecule has 0 bridgehead atoms. The Morgan fingerprint density at radius 1 is 1.18 bits per heavy atom. The molecule has 0 saturated carbocycles. The minimum absolute atomic E-state index is 0.318. The van der Waals surface area contributed by atoms with E-state index in [1.165, 1.54) is 10.9 Å². The van der Waals surface area contributed by atoms with E-state index in [4.69, 9.17) is 4.74 Å². The zero-order valence-corrected chi connectivity index (χ0v) is 16.4. The molecule has 0 amide bonds. The van der Waals surface area contributed by atoms with E-state index < -0.39 is 0 Å². The number of aliphatic hydroxyl groups excluding tert-OH is 1. The Labute approximate surface area is 167 Å². The summed E-state index contributed by atoms with van der Waals surface area (Å²) in [6, 6.07) is 14.3. The molecule has 0 spiro atoms. The molecule has 1 saturated heterocycles. The van der Waals surface area contributed by atoms with Gasteiger partial charge in [-0.1, -0.05) is 23.5 Å². The second-order valence-electron chi connectivity index (χ2n) is 7.47. The highest BCUT2D eigenvalue weighted by atomic mass is 32.1. The van der Waals surface area contributed by atoms with Crippen LogP contribution in [-0.2, 0) is 6.54 Å². The Balaban J connectivity index is 1.32. The van der Waals surface area contributed by atoms with Crippen molar-refractivity contribution in [3.63, 3.8) is 0 Å². The van der Waals surface area contributed by atoms with Crippen LogP contribution in [0.2, 0.25) is 0 Å². The fourth-order valence-electron chi connectivity index (χ4n) is 3.92. The standard InChI is InChI=1S/C22H23N3O2S/c26-14-15-7-9-25(10-8-15)13-16-12-23-20-11-17(5-6-18(16)20)27-22-24-19-3-1-2-4-21(19)28-22/h1-6,11-12,15,23,26H,7-10,13-14H2. The van der Waals surface area contributed by atoms with Crippen molar-refractivity contribution in [1.82, 2.24) is 14.9 Å². The van der Waals surface area contributed by atoms with E-state index in [1.54, 1.807) is 11.3 Å². The van der Waals surface area contributed by atoms with Gasteiger partial charge in [0.2, 0.25) is 0 Å². The quantitative estimate of drug-likeness (QED) is 0.512. The minimum atomic E-state index is 0.318. The lowest BCUT2D eigenvalue weighted by Crippen LogP contribution is -2.34. The first-order valence-corrected chi connectivity index (χ1v) is 10.6. The number of H-pyrrole nitrogens is 1. The Hall–Kier alpha value is -2.41. The van der Waals surface area contributed by atoms with Crippen LogP contribution in [-0.4, -0.2) is 39.7 Å².